The fourth-order valence-electron chi connectivity index (χ4n) is 3.93. The fraction of sp³-hybridized carbons (Fsp3) is 0.333. The van der Waals surface area contributed by atoms with Gasteiger partial charge in [0.25, 0.3) is 0 Å². The Morgan fingerprint density at radius 2 is 2.00 bits per heavy atom. The van der Waals surface area contributed by atoms with Crippen LogP contribution >= 0.6 is 27.3 Å². The van der Waals surface area contributed by atoms with E-state index < -0.39 is 5.92 Å². The van der Waals surface area contributed by atoms with Crippen LogP contribution in [0, 0.1) is 5.92 Å². The van der Waals surface area contributed by atoms with Crippen molar-refractivity contribution in [1.82, 2.24) is 5.32 Å². The number of hydrogen-bond donors (Lipinski definition) is 1. The van der Waals surface area contributed by atoms with Crippen LogP contribution in [-0.4, -0.2) is 18.9 Å². The van der Waals surface area contributed by atoms with E-state index in [9.17, 15) is 9.59 Å². The summed E-state index contributed by atoms with van der Waals surface area (Å²) in [5.41, 5.74) is 3.95. The molecule has 1 aromatic heterocycles. The Morgan fingerprint density at radius 1 is 1.26 bits per heavy atom. The van der Waals surface area contributed by atoms with Gasteiger partial charge in [-0.05, 0) is 70.9 Å². The van der Waals surface area contributed by atoms with Crippen molar-refractivity contribution >= 4 is 49.1 Å². The van der Waals surface area contributed by atoms with Crippen molar-refractivity contribution in [1.29, 1.82) is 0 Å². The van der Waals surface area contributed by atoms with Crippen molar-refractivity contribution in [3.05, 3.63) is 56.2 Å². The van der Waals surface area contributed by atoms with Gasteiger partial charge in [0.05, 0.1) is 12.7 Å². The first kappa shape index (κ1) is 18.4. The van der Waals surface area contributed by atoms with Crippen LogP contribution in [-0.2, 0) is 14.3 Å². The van der Waals surface area contributed by atoms with Gasteiger partial charge in [0.1, 0.15) is 0 Å². The zero-order valence-corrected chi connectivity index (χ0v) is 17.8. The average molecular weight is 446 g/mol. The predicted molar refractivity (Wildman–Crippen MR) is 111 cm³/mol. The molecule has 0 amide bonds. The van der Waals surface area contributed by atoms with Crippen LogP contribution in [0.3, 0.4) is 0 Å². The number of ketones is 1. The molecule has 0 radical (unpaired) electrons. The zero-order valence-electron chi connectivity index (χ0n) is 15.4. The van der Waals surface area contributed by atoms with Crippen LogP contribution in [0.4, 0.5) is 0 Å². The molecule has 1 aliphatic heterocycles. The average Bonchev–Trinajstić information content (AvgIpc) is 3.39. The summed E-state index contributed by atoms with van der Waals surface area (Å²) in [4.78, 5) is 25.4. The molecular formula is C21H20BrNO3S. The lowest BCUT2D eigenvalue weighted by molar-refractivity contribution is -0.136. The van der Waals surface area contributed by atoms with E-state index in [1.165, 1.54) is 7.11 Å². The number of nitrogens with one attached hydrogen (secondary N) is 1. The van der Waals surface area contributed by atoms with Gasteiger partial charge in [-0.3, -0.25) is 4.79 Å². The van der Waals surface area contributed by atoms with Gasteiger partial charge in [-0.25, -0.2) is 4.79 Å². The Bertz CT molecular complexity index is 1030. The van der Waals surface area contributed by atoms with Gasteiger partial charge in [0.15, 0.2) is 5.78 Å². The number of Topliss-reactive ketones (excluding diaryl/α,β-unsaturated/α-hetero) is 1. The molecule has 0 spiro atoms. The van der Waals surface area contributed by atoms with Crippen LogP contribution < -0.4 is 5.32 Å². The van der Waals surface area contributed by atoms with E-state index in [0.717, 1.165) is 44.4 Å². The summed E-state index contributed by atoms with van der Waals surface area (Å²) in [5.74, 6) is -0.470. The Hall–Kier alpha value is -1.92. The maximum absolute atomic E-state index is 12.8. The Labute approximate surface area is 170 Å². The highest BCUT2D eigenvalue weighted by molar-refractivity contribution is 9.10. The number of benzene rings is 1. The molecule has 1 fully saturated rings. The second-order valence-corrected chi connectivity index (χ2v) is 8.79. The Morgan fingerprint density at radius 3 is 2.63 bits per heavy atom. The summed E-state index contributed by atoms with van der Waals surface area (Å²) >= 11 is 5.23. The first-order valence-electron chi connectivity index (χ1n) is 8.90. The van der Waals surface area contributed by atoms with Crippen molar-refractivity contribution in [2.75, 3.05) is 7.11 Å². The summed E-state index contributed by atoms with van der Waals surface area (Å²) in [6.07, 6.45) is 2.10. The third kappa shape index (κ3) is 3.05. The number of halogens is 1. The third-order valence-electron chi connectivity index (χ3n) is 5.26. The van der Waals surface area contributed by atoms with E-state index in [1.807, 2.05) is 25.1 Å². The van der Waals surface area contributed by atoms with E-state index in [0.29, 0.717) is 17.1 Å². The molecule has 1 aromatic carbocycles. The molecule has 27 heavy (non-hydrogen) atoms. The minimum Gasteiger partial charge on any atom is -0.466 e. The molecule has 2 aliphatic rings. The van der Waals surface area contributed by atoms with E-state index >= 15 is 0 Å². The number of thiophene rings is 1. The summed E-state index contributed by atoms with van der Waals surface area (Å²) in [7, 11) is 1.40. The molecule has 1 aliphatic carbocycles. The first-order chi connectivity index (χ1) is 12.9. The molecule has 1 N–H and O–H groups in total. The van der Waals surface area contributed by atoms with Crippen LogP contribution in [0.5, 0.6) is 0 Å². The number of carbonyl (C=O) groups excluding carboxylic acids is 2. The first-order valence-corrected chi connectivity index (χ1v) is 10.6. The molecule has 0 bridgehead atoms. The number of ether oxygens (including phenoxy) is 1. The van der Waals surface area contributed by atoms with Gasteiger partial charge < -0.3 is 10.1 Å². The lowest BCUT2D eigenvalue weighted by atomic mass is 9.78. The molecular weight excluding hydrogens is 426 g/mol. The number of carbonyl (C=O) groups is 2. The second-order valence-electron chi connectivity index (χ2n) is 7.05. The summed E-state index contributed by atoms with van der Waals surface area (Å²) in [5, 5.41) is 6.48. The maximum Gasteiger partial charge on any atom is 0.336 e. The van der Waals surface area contributed by atoms with Gasteiger partial charge in [0, 0.05) is 32.1 Å². The number of rotatable bonds is 4. The summed E-state index contributed by atoms with van der Waals surface area (Å²) in [6, 6.07) is 6.04. The minimum absolute atomic E-state index is 0.0319. The molecule has 1 unspecified atom stereocenters. The van der Waals surface area contributed by atoms with Gasteiger partial charge in [0.2, 0.25) is 0 Å². The van der Waals surface area contributed by atoms with E-state index in [1.54, 1.807) is 18.3 Å². The van der Waals surface area contributed by atoms with E-state index in [4.69, 9.17) is 4.74 Å². The Kier molecular flexibility index (Phi) is 4.72. The lowest BCUT2D eigenvalue weighted by Crippen LogP contribution is -2.32. The third-order valence-corrected chi connectivity index (χ3v) is 7.23. The highest BCUT2D eigenvalue weighted by Gasteiger charge is 2.42. The van der Waals surface area contributed by atoms with Crippen molar-refractivity contribution < 1.29 is 14.3 Å². The smallest absolute Gasteiger partial charge is 0.336 e. The topological polar surface area (TPSA) is 55.4 Å². The number of allylic oxidation sites excluding steroid dienone is 3. The van der Waals surface area contributed by atoms with Crippen molar-refractivity contribution in [3.63, 3.8) is 0 Å². The van der Waals surface area contributed by atoms with Crippen molar-refractivity contribution in [3.8, 4) is 0 Å². The number of dihydropyridines is 1. The van der Waals surface area contributed by atoms with E-state index in [-0.39, 0.29) is 11.8 Å². The van der Waals surface area contributed by atoms with Gasteiger partial charge >= 0.3 is 5.97 Å². The predicted octanol–water partition coefficient (Wildman–Crippen LogP) is 5.05. The SMILES string of the molecule is COC(=O)C1=C(C2CC2)NC(C)=C(C(C)=O)C1c1csc2c(Br)cccc12. The van der Waals surface area contributed by atoms with Crippen molar-refractivity contribution in [2.45, 2.75) is 32.6 Å². The molecule has 4 rings (SSSR count). The molecule has 1 atom stereocenters. The van der Waals surface area contributed by atoms with Crippen LogP contribution in [0.15, 0.2) is 50.6 Å². The number of esters is 1. The van der Waals surface area contributed by atoms with Crippen LogP contribution in [0.25, 0.3) is 10.1 Å². The lowest BCUT2D eigenvalue weighted by Gasteiger charge is -2.31. The summed E-state index contributed by atoms with van der Waals surface area (Å²) < 4.78 is 7.28. The fourth-order valence-corrected chi connectivity index (χ4v) is 5.58. The highest BCUT2D eigenvalue weighted by atomic mass is 79.9. The number of fused-ring (bicyclic) bond motifs is 1. The maximum atomic E-state index is 12.8. The normalized spacial score (nSPS) is 20.1. The van der Waals surface area contributed by atoms with E-state index in [2.05, 4.69) is 26.6 Å². The van der Waals surface area contributed by atoms with Gasteiger partial charge in [-0.2, -0.15) is 0 Å². The number of hydrogen-bond acceptors (Lipinski definition) is 5. The monoisotopic (exact) mass is 445 g/mol. The molecule has 2 aromatic rings. The molecule has 1 saturated carbocycles. The quantitative estimate of drug-likeness (QED) is 0.668. The Balaban J connectivity index is 2.01. The second kappa shape index (κ2) is 6.91. The minimum atomic E-state index is -0.408. The van der Waals surface area contributed by atoms with Crippen LogP contribution in [0.2, 0.25) is 0 Å². The van der Waals surface area contributed by atoms with Gasteiger partial charge in [-0.1, -0.05) is 12.1 Å². The van der Waals surface area contributed by atoms with Gasteiger partial charge in [-0.15, -0.1) is 11.3 Å². The standard InChI is InChI=1S/C21H20BrNO3S/c1-10-16(11(2)24)17(14-9-27-20-13(14)5-4-6-15(20)22)18(21(25)26-3)19(23-10)12-7-8-12/h4-6,9,12,17,23H,7-8H2,1-3H3. The molecule has 2 heterocycles. The number of methoxy groups -OCH3 is 1. The summed E-state index contributed by atoms with van der Waals surface area (Å²) in [6.45, 7) is 3.49. The van der Waals surface area contributed by atoms with Crippen LogP contribution in [0.1, 0.15) is 38.2 Å². The molecule has 0 saturated heterocycles. The molecule has 6 heteroatoms. The van der Waals surface area contributed by atoms with Crippen molar-refractivity contribution in [2.24, 2.45) is 5.92 Å². The highest BCUT2D eigenvalue weighted by Crippen LogP contribution is 2.48. The zero-order chi connectivity index (χ0) is 19.3. The largest absolute Gasteiger partial charge is 0.466 e. The molecule has 4 nitrogen and oxygen atoms in total. The molecule has 140 valence electrons.